The minimum absolute atomic E-state index is 0.0930. The third kappa shape index (κ3) is 3.37. The molecule has 1 amide bonds. The van der Waals surface area contributed by atoms with Crippen LogP contribution in [0.1, 0.15) is 27.0 Å². The summed E-state index contributed by atoms with van der Waals surface area (Å²) in [5.41, 5.74) is 1.76. The highest BCUT2D eigenvalue weighted by molar-refractivity contribution is 7.18. The number of nitrogens with zero attached hydrogens (tertiary/aromatic N) is 1. The molecule has 0 atom stereocenters. The topological polar surface area (TPSA) is 59.1 Å². The van der Waals surface area contributed by atoms with Gasteiger partial charge in [-0.1, -0.05) is 65.4 Å². The van der Waals surface area contributed by atoms with Gasteiger partial charge >= 0.3 is 0 Å². The first kappa shape index (κ1) is 16.4. The van der Waals surface area contributed by atoms with Crippen LogP contribution in [0, 0.1) is 0 Å². The van der Waals surface area contributed by atoms with Crippen LogP contribution in [0.15, 0.2) is 54.6 Å². The summed E-state index contributed by atoms with van der Waals surface area (Å²) < 4.78 is 0. The van der Waals surface area contributed by atoms with Crippen LogP contribution >= 0.6 is 22.9 Å². The summed E-state index contributed by atoms with van der Waals surface area (Å²) in [7, 11) is 0. The van der Waals surface area contributed by atoms with Crippen molar-refractivity contribution in [2.45, 2.75) is 6.92 Å². The minimum Gasteiger partial charge on any atom is -0.298 e. The van der Waals surface area contributed by atoms with Crippen LogP contribution in [0.5, 0.6) is 0 Å². The minimum atomic E-state index is -0.357. The Labute approximate surface area is 148 Å². The van der Waals surface area contributed by atoms with Crippen LogP contribution in [-0.2, 0) is 0 Å². The molecule has 120 valence electrons. The molecular weight excluding hydrogens is 344 g/mol. The van der Waals surface area contributed by atoms with Gasteiger partial charge in [0.25, 0.3) is 5.91 Å². The van der Waals surface area contributed by atoms with Crippen LogP contribution in [0.25, 0.3) is 11.3 Å². The molecule has 0 aliphatic rings. The van der Waals surface area contributed by atoms with Gasteiger partial charge in [-0.25, -0.2) is 4.98 Å². The number of amides is 1. The lowest BCUT2D eigenvalue weighted by Crippen LogP contribution is -2.12. The molecule has 0 aliphatic carbocycles. The fourth-order valence-corrected chi connectivity index (χ4v) is 3.31. The number of hydrogen-bond donors (Lipinski definition) is 1. The lowest BCUT2D eigenvalue weighted by Gasteiger charge is -2.03. The third-order valence-corrected chi connectivity index (χ3v) is 4.73. The Morgan fingerprint density at radius 3 is 2.38 bits per heavy atom. The van der Waals surface area contributed by atoms with Crippen molar-refractivity contribution in [3.63, 3.8) is 0 Å². The number of aromatic nitrogens is 1. The number of anilines is 1. The molecule has 6 heteroatoms. The summed E-state index contributed by atoms with van der Waals surface area (Å²) in [6.45, 7) is 1.49. The Kier molecular flexibility index (Phi) is 4.74. The molecule has 0 fully saturated rings. The molecule has 0 spiro atoms. The molecule has 1 heterocycles. The van der Waals surface area contributed by atoms with Crippen molar-refractivity contribution in [2.24, 2.45) is 0 Å². The normalized spacial score (nSPS) is 10.4. The zero-order valence-corrected chi connectivity index (χ0v) is 14.3. The molecule has 0 saturated heterocycles. The van der Waals surface area contributed by atoms with E-state index in [4.69, 9.17) is 11.6 Å². The van der Waals surface area contributed by atoms with E-state index in [9.17, 15) is 9.59 Å². The molecule has 0 aliphatic heterocycles. The standard InChI is InChI=1S/C18H13ClN2O2S/c1-11(22)16-15(12-7-3-2-4-8-12)20-18(24-16)21-17(23)13-9-5-6-10-14(13)19/h2-10H,1H3,(H,20,21,23). The molecule has 3 aromatic rings. The van der Waals surface area contributed by atoms with Crippen LogP contribution in [0.2, 0.25) is 5.02 Å². The molecule has 0 unspecified atom stereocenters. The number of halogens is 1. The fourth-order valence-electron chi connectivity index (χ4n) is 2.21. The SMILES string of the molecule is CC(=O)c1sc(NC(=O)c2ccccc2Cl)nc1-c1ccccc1. The number of thiazole rings is 1. The lowest BCUT2D eigenvalue weighted by molar-refractivity contribution is 0.101. The highest BCUT2D eigenvalue weighted by Gasteiger charge is 2.19. The Bertz CT molecular complexity index is 906. The Hall–Kier alpha value is -2.50. The van der Waals surface area contributed by atoms with Crippen molar-refractivity contribution < 1.29 is 9.59 Å². The number of rotatable bonds is 4. The van der Waals surface area contributed by atoms with Crippen LogP contribution in [0.4, 0.5) is 5.13 Å². The largest absolute Gasteiger partial charge is 0.298 e. The quantitative estimate of drug-likeness (QED) is 0.675. The summed E-state index contributed by atoms with van der Waals surface area (Å²) in [6, 6.07) is 16.2. The van der Waals surface area contributed by atoms with Crippen molar-refractivity contribution >= 4 is 39.8 Å². The van der Waals surface area contributed by atoms with Gasteiger partial charge in [-0.3, -0.25) is 14.9 Å². The predicted octanol–water partition coefficient (Wildman–Crippen LogP) is 4.92. The summed E-state index contributed by atoms with van der Waals surface area (Å²) in [6.07, 6.45) is 0. The molecule has 0 radical (unpaired) electrons. The van der Waals surface area contributed by atoms with Crippen molar-refractivity contribution in [3.05, 3.63) is 70.1 Å². The van der Waals surface area contributed by atoms with E-state index in [1.165, 1.54) is 6.92 Å². The van der Waals surface area contributed by atoms with Crippen molar-refractivity contribution in [2.75, 3.05) is 5.32 Å². The highest BCUT2D eigenvalue weighted by atomic mass is 35.5. The summed E-state index contributed by atoms with van der Waals surface area (Å²) in [4.78, 5) is 29.2. The lowest BCUT2D eigenvalue weighted by atomic mass is 10.1. The number of hydrogen-bond acceptors (Lipinski definition) is 4. The van der Waals surface area contributed by atoms with Gasteiger partial charge in [-0.05, 0) is 12.1 Å². The first-order valence-corrected chi connectivity index (χ1v) is 8.39. The van der Waals surface area contributed by atoms with E-state index in [2.05, 4.69) is 10.3 Å². The van der Waals surface area contributed by atoms with Crippen LogP contribution < -0.4 is 5.32 Å². The van der Waals surface area contributed by atoms with Gasteiger partial charge in [0.05, 0.1) is 21.2 Å². The van der Waals surface area contributed by atoms with Crippen LogP contribution in [-0.4, -0.2) is 16.7 Å². The molecule has 1 N–H and O–H groups in total. The number of ketones is 1. The number of carbonyl (C=O) groups is 2. The summed E-state index contributed by atoms with van der Waals surface area (Å²) >= 11 is 7.19. The van der Waals surface area contributed by atoms with E-state index in [1.807, 2.05) is 30.3 Å². The van der Waals surface area contributed by atoms with Crippen molar-refractivity contribution in [1.82, 2.24) is 4.98 Å². The van der Waals surface area contributed by atoms with E-state index in [-0.39, 0.29) is 11.7 Å². The molecular formula is C18H13ClN2O2S. The zero-order valence-electron chi connectivity index (χ0n) is 12.7. The maximum Gasteiger partial charge on any atom is 0.258 e. The van der Waals surface area contributed by atoms with Gasteiger partial charge in [0.1, 0.15) is 0 Å². The van der Waals surface area contributed by atoms with Crippen LogP contribution in [0.3, 0.4) is 0 Å². The van der Waals surface area contributed by atoms with Gasteiger partial charge in [0.15, 0.2) is 10.9 Å². The van der Waals surface area contributed by atoms with E-state index in [0.29, 0.717) is 26.3 Å². The number of nitrogens with one attached hydrogen (secondary N) is 1. The second-order valence-electron chi connectivity index (χ2n) is 5.05. The molecule has 1 aromatic heterocycles. The van der Waals surface area contributed by atoms with Gasteiger partial charge in [0, 0.05) is 12.5 Å². The average molecular weight is 357 g/mol. The fraction of sp³-hybridized carbons (Fsp3) is 0.0556. The molecule has 0 saturated carbocycles. The third-order valence-electron chi connectivity index (χ3n) is 3.33. The number of Topliss-reactive ketones (excluding diaryl/α,β-unsaturated/α-hetero) is 1. The van der Waals surface area contributed by atoms with E-state index >= 15 is 0 Å². The first-order chi connectivity index (χ1) is 11.6. The number of benzene rings is 2. The average Bonchev–Trinajstić information content (AvgIpc) is 3.00. The first-order valence-electron chi connectivity index (χ1n) is 7.19. The zero-order chi connectivity index (χ0) is 17.1. The van der Waals surface area contributed by atoms with Gasteiger partial charge in [-0.15, -0.1) is 0 Å². The second-order valence-corrected chi connectivity index (χ2v) is 6.46. The van der Waals surface area contributed by atoms with Gasteiger partial charge in [-0.2, -0.15) is 0 Å². The van der Waals surface area contributed by atoms with Crippen molar-refractivity contribution in [3.8, 4) is 11.3 Å². The molecule has 0 bridgehead atoms. The predicted molar refractivity (Wildman–Crippen MR) is 97.0 cm³/mol. The van der Waals surface area contributed by atoms with Gasteiger partial charge < -0.3 is 0 Å². The highest BCUT2D eigenvalue weighted by Crippen LogP contribution is 2.32. The number of carbonyl (C=O) groups excluding carboxylic acids is 2. The molecule has 3 rings (SSSR count). The molecule has 24 heavy (non-hydrogen) atoms. The monoisotopic (exact) mass is 356 g/mol. The smallest absolute Gasteiger partial charge is 0.258 e. The van der Waals surface area contributed by atoms with E-state index < -0.39 is 0 Å². The second kappa shape index (κ2) is 6.95. The van der Waals surface area contributed by atoms with Crippen molar-refractivity contribution in [1.29, 1.82) is 0 Å². The van der Waals surface area contributed by atoms with Gasteiger partial charge in [0.2, 0.25) is 0 Å². The van der Waals surface area contributed by atoms with E-state index in [1.54, 1.807) is 24.3 Å². The molecule has 4 nitrogen and oxygen atoms in total. The summed E-state index contributed by atoms with van der Waals surface area (Å²) in [5, 5.41) is 3.44. The maximum atomic E-state index is 12.3. The Morgan fingerprint density at radius 1 is 1.04 bits per heavy atom. The Morgan fingerprint density at radius 2 is 1.71 bits per heavy atom. The molecule has 2 aromatic carbocycles. The van der Waals surface area contributed by atoms with E-state index in [0.717, 1.165) is 16.9 Å². The summed E-state index contributed by atoms with van der Waals surface area (Å²) in [5.74, 6) is -0.450. The Balaban J connectivity index is 1.94. The maximum absolute atomic E-state index is 12.3.